The SMILES string of the molecule is CCN(C(=O)c1cccc(F)c1-c1ncccn1)[C@@H](C)CO. The summed E-state index contributed by atoms with van der Waals surface area (Å²) in [5.74, 6) is -0.743. The highest BCUT2D eigenvalue weighted by Crippen LogP contribution is 2.25. The number of carbonyl (C=O) groups excluding carboxylic acids is 1. The Hall–Kier alpha value is -2.34. The van der Waals surface area contributed by atoms with Gasteiger partial charge in [0.1, 0.15) is 5.82 Å². The van der Waals surface area contributed by atoms with Crippen LogP contribution in [-0.4, -0.2) is 45.1 Å². The van der Waals surface area contributed by atoms with Crippen molar-refractivity contribution in [2.75, 3.05) is 13.2 Å². The molecule has 5 nitrogen and oxygen atoms in total. The van der Waals surface area contributed by atoms with E-state index in [-0.39, 0.29) is 35.5 Å². The van der Waals surface area contributed by atoms with Crippen LogP contribution in [0.2, 0.25) is 0 Å². The fourth-order valence-electron chi connectivity index (χ4n) is 2.27. The number of likely N-dealkylation sites (N-methyl/N-ethyl adjacent to an activating group) is 1. The highest BCUT2D eigenvalue weighted by molar-refractivity contribution is 6.00. The van der Waals surface area contributed by atoms with Gasteiger partial charge in [-0.1, -0.05) is 6.07 Å². The largest absolute Gasteiger partial charge is 0.394 e. The van der Waals surface area contributed by atoms with Gasteiger partial charge in [-0.3, -0.25) is 4.79 Å². The van der Waals surface area contributed by atoms with Gasteiger partial charge in [-0.25, -0.2) is 14.4 Å². The fraction of sp³-hybridized carbons (Fsp3) is 0.312. The van der Waals surface area contributed by atoms with Crippen molar-refractivity contribution in [2.24, 2.45) is 0 Å². The number of halogens is 1. The van der Waals surface area contributed by atoms with E-state index in [2.05, 4.69) is 9.97 Å². The zero-order valence-electron chi connectivity index (χ0n) is 12.5. The van der Waals surface area contributed by atoms with Gasteiger partial charge < -0.3 is 10.0 Å². The van der Waals surface area contributed by atoms with E-state index in [1.54, 1.807) is 19.1 Å². The van der Waals surface area contributed by atoms with E-state index in [9.17, 15) is 14.3 Å². The molecule has 0 fully saturated rings. The zero-order valence-corrected chi connectivity index (χ0v) is 12.5. The highest BCUT2D eigenvalue weighted by atomic mass is 19.1. The maximum atomic E-state index is 14.2. The van der Waals surface area contributed by atoms with E-state index in [0.717, 1.165) is 0 Å². The van der Waals surface area contributed by atoms with E-state index < -0.39 is 5.82 Å². The van der Waals surface area contributed by atoms with E-state index in [1.165, 1.54) is 29.4 Å². The van der Waals surface area contributed by atoms with Crippen LogP contribution < -0.4 is 0 Å². The Labute approximate surface area is 128 Å². The summed E-state index contributed by atoms with van der Waals surface area (Å²) in [6.07, 6.45) is 2.99. The molecule has 0 radical (unpaired) electrons. The Balaban J connectivity index is 2.52. The average Bonchev–Trinajstić information content (AvgIpc) is 2.55. The lowest BCUT2D eigenvalue weighted by Crippen LogP contribution is -2.40. The third-order valence-electron chi connectivity index (χ3n) is 3.43. The number of aliphatic hydroxyl groups excluding tert-OH is 1. The van der Waals surface area contributed by atoms with Gasteiger partial charge in [-0.2, -0.15) is 0 Å². The molecule has 0 saturated carbocycles. The summed E-state index contributed by atoms with van der Waals surface area (Å²) in [5.41, 5.74) is 0.269. The van der Waals surface area contributed by atoms with Crippen molar-refractivity contribution in [1.82, 2.24) is 14.9 Å². The molecule has 1 aromatic carbocycles. The lowest BCUT2D eigenvalue weighted by molar-refractivity contribution is 0.0633. The van der Waals surface area contributed by atoms with Gasteiger partial charge in [-0.05, 0) is 32.0 Å². The Kier molecular flexibility index (Phi) is 5.16. The Morgan fingerprint density at radius 1 is 1.32 bits per heavy atom. The number of amides is 1. The van der Waals surface area contributed by atoms with Crippen LogP contribution in [0.1, 0.15) is 24.2 Å². The summed E-state index contributed by atoms with van der Waals surface area (Å²) in [7, 11) is 0. The van der Waals surface area contributed by atoms with E-state index in [1.807, 2.05) is 6.92 Å². The summed E-state index contributed by atoms with van der Waals surface area (Å²) < 4.78 is 14.2. The minimum Gasteiger partial charge on any atom is -0.394 e. The minimum atomic E-state index is -0.551. The smallest absolute Gasteiger partial charge is 0.255 e. The van der Waals surface area contributed by atoms with Crippen LogP contribution in [0, 0.1) is 5.82 Å². The lowest BCUT2D eigenvalue weighted by atomic mass is 10.0. The second-order valence-electron chi connectivity index (χ2n) is 4.86. The first kappa shape index (κ1) is 16.0. The predicted octanol–water partition coefficient (Wildman–Crippen LogP) is 2.13. The third-order valence-corrected chi connectivity index (χ3v) is 3.43. The van der Waals surface area contributed by atoms with Crippen LogP contribution in [-0.2, 0) is 0 Å². The van der Waals surface area contributed by atoms with E-state index in [0.29, 0.717) is 6.54 Å². The predicted molar refractivity (Wildman–Crippen MR) is 80.7 cm³/mol. The summed E-state index contributed by atoms with van der Waals surface area (Å²) in [5, 5.41) is 9.28. The maximum Gasteiger partial charge on any atom is 0.255 e. The van der Waals surface area contributed by atoms with Gasteiger partial charge in [0.15, 0.2) is 5.82 Å². The van der Waals surface area contributed by atoms with Crippen molar-refractivity contribution in [3.05, 3.63) is 48.0 Å². The Morgan fingerprint density at radius 2 is 2.00 bits per heavy atom. The molecule has 1 N–H and O–H groups in total. The molecule has 0 bridgehead atoms. The molecule has 116 valence electrons. The molecule has 0 aliphatic heterocycles. The van der Waals surface area contributed by atoms with Crippen LogP contribution in [0.5, 0.6) is 0 Å². The molecule has 1 atom stereocenters. The highest BCUT2D eigenvalue weighted by Gasteiger charge is 2.25. The molecule has 6 heteroatoms. The third kappa shape index (κ3) is 3.12. The van der Waals surface area contributed by atoms with E-state index in [4.69, 9.17) is 0 Å². The molecule has 0 spiro atoms. The molecule has 0 saturated heterocycles. The number of aromatic nitrogens is 2. The molecule has 0 unspecified atom stereocenters. The van der Waals surface area contributed by atoms with Crippen LogP contribution >= 0.6 is 0 Å². The second-order valence-corrected chi connectivity index (χ2v) is 4.86. The molecular weight excluding hydrogens is 285 g/mol. The van der Waals surface area contributed by atoms with Crippen LogP contribution in [0.4, 0.5) is 4.39 Å². The van der Waals surface area contributed by atoms with Crippen molar-refractivity contribution in [2.45, 2.75) is 19.9 Å². The molecule has 2 rings (SSSR count). The molecule has 1 aromatic heterocycles. The first-order valence-electron chi connectivity index (χ1n) is 7.07. The van der Waals surface area contributed by atoms with Gasteiger partial charge in [0.05, 0.1) is 23.8 Å². The number of hydrogen-bond acceptors (Lipinski definition) is 4. The molecule has 22 heavy (non-hydrogen) atoms. The summed E-state index contributed by atoms with van der Waals surface area (Å²) in [4.78, 5) is 22.3. The number of benzene rings is 1. The lowest BCUT2D eigenvalue weighted by Gasteiger charge is -2.27. The summed E-state index contributed by atoms with van der Waals surface area (Å²) >= 11 is 0. The molecule has 2 aromatic rings. The van der Waals surface area contributed by atoms with Gasteiger partial charge in [0.25, 0.3) is 5.91 Å². The van der Waals surface area contributed by atoms with Crippen molar-refractivity contribution < 1.29 is 14.3 Å². The minimum absolute atomic E-state index is 0.0803. The molecule has 1 amide bonds. The average molecular weight is 303 g/mol. The van der Waals surface area contributed by atoms with Gasteiger partial charge in [0.2, 0.25) is 0 Å². The molecule has 0 aliphatic rings. The van der Waals surface area contributed by atoms with Crippen molar-refractivity contribution in [1.29, 1.82) is 0 Å². The molecule has 0 aliphatic carbocycles. The normalized spacial score (nSPS) is 12.0. The quantitative estimate of drug-likeness (QED) is 0.919. The van der Waals surface area contributed by atoms with Crippen LogP contribution in [0.3, 0.4) is 0 Å². The number of carbonyl (C=O) groups is 1. The van der Waals surface area contributed by atoms with E-state index >= 15 is 0 Å². The monoisotopic (exact) mass is 303 g/mol. The van der Waals surface area contributed by atoms with Gasteiger partial charge >= 0.3 is 0 Å². The molecule has 1 heterocycles. The van der Waals surface area contributed by atoms with Crippen molar-refractivity contribution in [3.8, 4) is 11.4 Å². The first-order chi connectivity index (χ1) is 10.6. The number of aliphatic hydroxyl groups is 1. The van der Waals surface area contributed by atoms with Crippen LogP contribution in [0.15, 0.2) is 36.7 Å². The topological polar surface area (TPSA) is 66.3 Å². The maximum absolute atomic E-state index is 14.2. The van der Waals surface area contributed by atoms with Crippen LogP contribution in [0.25, 0.3) is 11.4 Å². The number of rotatable bonds is 5. The van der Waals surface area contributed by atoms with Gasteiger partial charge in [0, 0.05) is 18.9 Å². The Bertz CT molecular complexity index is 649. The fourth-order valence-corrected chi connectivity index (χ4v) is 2.27. The standard InChI is InChI=1S/C16H18FN3O2/c1-3-20(11(2)10-21)16(22)12-6-4-7-13(17)14(12)15-18-8-5-9-19-15/h4-9,11,21H,3,10H2,1-2H3/t11-/m0/s1. The summed E-state index contributed by atoms with van der Waals surface area (Å²) in [6, 6.07) is 5.56. The first-order valence-corrected chi connectivity index (χ1v) is 7.07. The molecular formula is C16H18FN3O2. The Morgan fingerprint density at radius 3 is 2.59 bits per heavy atom. The van der Waals surface area contributed by atoms with Crippen molar-refractivity contribution >= 4 is 5.91 Å². The second kappa shape index (κ2) is 7.09. The zero-order chi connectivity index (χ0) is 16.1. The summed E-state index contributed by atoms with van der Waals surface area (Å²) in [6.45, 7) is 3.79. The number of hydrogen-bond donors (Lipinski definition) is 1. The van der Waals surface area contributed by atoms with Crippen molar-refractivity contribution in [3.63, 3.8) is 0 Å². The number of nitrogens with zero attached hydrogens (tertiary/aromatic N) is 3. The van der Waals surface area contributed by atoms with Gasteiger partial charge in [-0.15, -0.1) is 0 Å².